The highest BCUT2D eigenvalue weighted by atomic mass is 32.2. The van der Waals surface area contributed by atoms with Gasteiger partial charge >= 0.3 is 5.97 Å². The highest BCUT2D eigenvalue weighted by molar-refractivity contribution is 7.98. The first-order chi connectivity index (χ1) is 13.6. The van der Waals surface area contributed by atoms with Crippen LogP contribution in [0, 0.1) is 5.92 Å². The molecule has 0 aromatic heterocycles. The number of carboxylic acid groups (broad SMARTS) is 1. The number of rotatable bonds is 11. The second kappa shape index (κ2) is 12.0. The van der Waals surface area contributed by atoms with Crippen molar-refractivity contribution >= 4 is 35.5 Å². The predicted molar refractivity (Wildman–Crippen MR) is 112 cm³/mol. The first-order valence-electron chi connectivity index (χ1n) is 10.0. The van der Waals surface area contributed by atoms with E-state index in [0.29, 0.717) is 31.6 Å². The molecule has 1 aliphatic heterocycles. The summed E-state index contributed by atoms with van der Waals surface area (Å²) in [6.45, 7) is 5.68. The molecule has 0 saturated carbocycles. The number of carboxylic acids is 1. The lowest BCUT2D eigenvalue weighted by molar-refractivity contribution is -0.149. The third-order valence-electron chi connectivity index (χ3n) is 5.36. The molecule has 5 N–H and O–H groups in total. The minimum absolute atomic E-state index is 0.0238. The summed E-state index contributed by atoms with van der Waals surface area (Å²) >= 11 is 1.53. The summed E-state index contributed by atoms with van der Waals surface area (Å²) in [6.07, 6.45) is 4.02. The van der Waals surface area contributed by atoms with E-state index in [9.17, 15) is 24.3 Å². The van der Waals surface area contributed by atoms with Crippen molar-refractivity contribution in [1.82, 2.24) is 15.5 Å². The summed E-state index contributed by atoms with van der Waals surface area (Å²) in [5.41, 5.74) is 5.90. The quantitative estimate of drug-likeness (QED) is 0.366. The van der Waals surface area contributed by atoms with Gasteiger partial charge < -0.3 is 26.4 Å². The van der Waals surface area contributed by atoms with Crippen molar-refractivity contribution in [2.45, 2.75) is 70.6 Å². The lowest BCUT2D eigenvalue weighted by atomic mass is 9.99. The molecule has 1 heterocycles. The minimum Gasteiger partial charge on any atom is -0.480 e. The predicted octanol–water partition coefficient (Wildman–Crippen LogP) is 0.178. The number of carbonyl (C=O) groups excluding carboxylic acids is 3. The Morgan fingerprint density at radius 2 is 1.86 bits per heavy atom. The van der Waals surface area contributed by atoms with Gasteiger partial charge in [0.2, 0.25) is 17.7 Å². The third-order valence-corrected chi connectivity index (χ3v) is 6.00. The van der Waals surface area contributed by atoms with Crippen LogP contribution in [0.4, 0.5) is 0 Å². The first-order valence-corrected chi connectivity index (χ1v) is 11.4. The van der Waals surface area contributed by atoms with Gasteiger partial charge in [0, 0.05) is 6.54 Å². The number of aliphatic carboxylic acids is 1. The van der Waals surface area contributed by atoms with Crippen molar-refractivity contribution in [1.29, 1.82) is 0 Å². The molecule has 5 atom stereocenters. The lowest BCUT2D eigenvalue weighted by Gasteiger charge is -2.28. The van der Waals surface area contributed by atoms with E-state index in [0.717, 1.165) is 6.42 Å². The van der Waals surface area contributed by atoms with Crippen molar-refractivity contribution in [3.8, 4) is 0 Å². The van der Waals surface area contributed by atoms with Crippen molar-refractivity contribution < 1.29 is 24.3 Å². The van der Waals surface area contributed by atoms with Gasteiger partial charge in [-0.1, -0.05) is 20.3 Å². The molecule has 0 aliphatic carbocycles. The van der Waals surface area contributed by atoms with Crippen LogP contribution in [0.1, 0.15) is 46.5 Å². The fourth-order valence-corrected chi connectivity index (χ4v) is 3.64. The second-order valence-electron chi connectivity index (χ2n) is 7.51. The molecule has 1 rings (SSSR count). The van der Waals surface area contributed by atoms with Crippen LogP contribution in [0.5, 0.6) is 0 Å². The smallest absolute Gasteiger partial charge is 0.326 e. The van der Waals surface area contributed by atoms with Crippen molar-refractivity contribution in [2.75, 3.05) is 18.6 Å². The SMILES string of the molecule is CCC(C)C(N)C(=O)NC(C)C(=O)NC(CCSC)C(=O)N1CCCC1C(=O)O. The molecule has 3 amide bonds. The summed E-state index contributed by atoms with van der Waals surface area (Å²) in [4.78, 5) is 50.5. The topological polar surface area (TPSA) is 142 Å². The van der Waals surface area contributed by atoms with E-state index in [2.05, 4.69) is 10.6 Å². The fraction of sp³-hybridized carbons (Fsp3) is 0.789. The monoisotopic (exact) mass is 430 g/mol. The summed E-state index contributed by atoms with van der Waals surface area (Å²) in [5.74, 6) is -1.75. The van der Waals surface area contributed by atoms with Gasteiger partial charge in [-0.3, -0.25) is 14.4 Å². The number of carbonyl (C=O) groups is 4. The molecule has 9 nitrogen and oxygen atoms in total. The van der Waals surface area contributed by atoms with Gasteiger partial charge in [-0.25, -0.2) is 4.79 Å². The molecule has 0 aromatic carbocycles. The number of hydrogen-bond acceptors (Lipinski definition) is 6. The normalized spacial score (nSPS) is 20.4. The van der Waals surface area contributed by atoms with Crippen LogP contribution in [0.3, 0.4) is 0 Å². The van der Waals surface area contributed by atoms with Gasteiger partial charge in [-0.05, 0) is 44.1 Å². The van der Waals surface area contributed by atoms with Gasteiger partial charge in [0.1, 0.15) is 18.1 Å². The van der Waals surface area contributed by atoms with E-state index >= 15 is 0 Å². The molecule has 1 aliphatic rings. The molecule has 0 radical (unpaired) electrons. The van der Waals surface area contributed by atoms with Crippen molar-refractivity contribution in [2.24, 2.45) is 11.7 Å². The van der Waals surface area contributed by atoms with Crippen LogP contribution in [0.2, 0.25) is 0 Å². The zero-order valence-electron chi connectivity index (χ0n) is 17.6. The zero-order chi connectivity index (χ0) is 22.1. The number of amides is 3. The van der Waals surface area contributed by atoms with E-state index < -0.39 is 47.9 Å². The summed E-state index contributed by atoms with van der Waals surface area (Å²) in [7, 11) is 0. The molecule has 0 spiro atoms. The Hall–Kier alpha value is -1.81. The standard InChI is InChI=1S/C19H34N4O5S/c1-5-11(2)15(20)17(25)21-12(3)16(24)22-13(8-10-29-4)18(26)23-9-6-7-14(23)19(27)28/h11-15H,5-10,20H2,1-4H3,(H,21,25)(H,22,24)(H,27,28). The van der Waals surface area contributed by atoms with Crippen molar-refractivity contribution in [3.63, 3.8) is 0 Å². The lowest BCUT2D eigenvalue weighted by Crippen LogP contribution is -2.57. The summed E-state index contributed by atoms with van der Waals surface area (Å²) in [6, 6.07) is -3.28. The molecule has 1 fully saturated rings. The molecule has 29 heavy (non-hydrogen) atoms. The largest absolute Gasteiger partial charge is 0.480 e. The average Bonchev–Trinajstić information content (AvgIpc) is 3.19. The molecule has 10 heteroatoms. The zero-order valence-corrected chi connectivity index (χ0v) is 18.5. The molecule has 0 aromatic rings. The van der Waals surface area contributed by atoms with Crippen LogP contribution in [-0.2, 0) is 19.2 Å². The highest BCUT2D eigenvalue weighted by Crippen LogP contribution is 2.19. The average molecular weight is 431 g/mol. The number of nitrogens with one attached hydrogen (secondary N) is 2. The van der Waals surface area contributed by atoms with Gasteiger partial charge in [-0.2, -0.15) is 11.8 Å². The number of nitrogens with zero attached hydrogens (tertiary/aromatic N) is 1. The number of likely N-dealkylation sites (tertiary alicyclic amines) is 1. The van der Waals surface area contributed by atoms with E-state index in [1.165, 1.54) is 23.6 Å². The third kappa shape index (κ3) is 7.18. The Morgan fingerprint density at radius 3 is 2.41 bits per heavy atom. The summed E-state index contributed by atoms with van der Waals surface area (Å²) < 4.78 is 0. The molecular formula is C19H34N4O5S. The Labute approximate surface area is 176 Å². The maximum atomic E-state index is 12.9. The Bertz CT molecular complexity index is 603. The Kier molecular flexibility index (Phi) is 10.5. The molecule has 1 saturated heterocycles. The van der Waals surface area contributed by atoms with Crippen LogP contribution >= 0.6 is 11.8 Å². The van der Waals surface area contributed by atoms with Gasteiger partial charge in [-0.15, -0.1) is 0 Å². The number of thioether (sulfide) groups is 1. The number of nitrogens with two attached hydrogens (primary N) is 1. The fourth-order valence-electron chi connectivity index (χ4n) is 3.16. The van der Waals surface area contributed by atoms with Gasteiger partial charge in [0.15, 0.2) is 0 Å². The molecular weight excluding hydrogens is 396 g/mol. The van der Waals surface area contributed by atoms with Crippen LogP contribution in [-0.4, -0.2) is 76.4 Å². The van der Waals surface area contributed by atoms with Crippen LogP contribution in [0.25, 0.3) is 0 Å². The van der Waals surface area contributed by atoms with E-state index in [4.69, 9.17) is 5.73 Å². The van der Waals surface area contributed by atoms with Crippen molar-refractivity contribution in [3.05, 3.63) is 0 Å². The highest BCUT2D eigenvalue weighted by Gasteiger charge is 2.38. The van der Waals surface area contributed by atoms with E-state index in [1.54, 1.807) is 0 Å². The maximum Gasteiger partial charge on any atom is 0.326 e. The van der Waals surface area contributed by atoms with Crippen LogP contribution in [0.15, 0.2) is 0 Å². The Morgan fingerprint density at radius 1 is 1.21 bits per heavy atom. The molecule has 0 bridgehead atoms. The molecule has 5 unspecified atom stereocenters. The molecule has 166 valence electrons. The maximum absolute atomic E-state index is 12.9. The second-order valence-corrected chi connectivity index (χ2v) is 8.50. The number of hydrogen-bond donors (Lipinski definition) is 4. The summed E-state index contributed by atoms with van der Waals surface area (Å²) in [5, 5.41) is 14.6. The van der Waals surface area contributed by atoms with Crippen LogP contribution < -0.4 is 16.4 Å². The van der Waals surface area contributed by atoms with Gasteiger partial charge in [0.05, 0.1) is 6.04 Å². The minimum atomic E-state index is -1.04. The van der Waals surface area contributed by atoms with Gasteiger partial charge in [0.25, 0.3) is 0 Å². The van der Waals surface area contributed by atoms with E-state index in [1.807, 2.05) is 20.1 Å². The Balaban J connectivity index is 2.78. The first kappa shape index (κ1) is 25.2. The van der Waals surface area contributed by atoms with E-state index in [-0.39, 0.29) is 5.92 Å².